The molecule has 3 nitrogen and oxygen atoms in total. The number of halogens is 1. The zero-order valence-electron chi connectivity index (χ0n) is 11.5. The van der Waals surface area contributed by atoms with E-state index in [-0.39, 0.29) is 11.9 Å². The molecular weight excluding hydrogens is 255 g/mol. The van der Waals surface area contributed by atoms with Gasteiger partial charge < -0.3 is 10.6 Å². The molecule has 1 atom stereocenters. The quantitative estimate of drug-likeness (QED) is 0.751. The average molecular weight is 274 g/mol. The molecule has 20 heavy (non-hydrogen) atoms. The summed E-state index contributed by atoms with van der Waals surface area (Å²) in [5, 5.41) is 5.91. The zero-order chi connectivity index (χ0) is 15.0. The van der Waals surface area contributed by atoms with Gasteiger partial charge in [-0.1, -0.05) is 25.3 Å². The lowest BCUT2D eigenvalue weighted by Gasteiger charge is -2.16. The van der Waals surface area contributed by atoms with Crippen molar-refractivity contribution in [2.24, 2.45) is 0 Å². The third-order valence-corrected chi connectivity index (χ3v) is 2.59. The summed E-state index contributed by atoms with van der Waals surface area (Å²) in [6.45, 7) is 9.67. The smallest absolute Gasteiger partial charge is 0.251 e. The largest absolute Gasteiger partial charge is 0.383 e. The van der Waals surface area contributed by atoms with Gasteiger partial charge in [0.25, 0.3) is 5.91 Å². The Labute approximate surface area is 118 Å². The van der Waals surface area contributed by atoms with E-state index in [1.165, 1.54) is 18.2 Å². The molecule has 1 aromatic carbocycles. The molecule has 0 radical (unpaired) electrons. The van der Waals surface area contributed by atoms with Gasteiger partial charge in [0.2, 0.25) is 0 Å². The van der Waals surface area contributed by atoms with Crippen molar-refractivity contribution < 1.29 is 9.18 Å². The molecule has 106 valence electrons. The predicted molar refractivity (Wildman–Crippen MR) is 79.8 cm³/mol. The van der Waals surface area contributed by atoms with Crippen LogP contribution in [0.15, 0.2) is 61.3 Å². The van der Waals surface area contributed by atoms with Crippen LogP contribution < -0.4 is 10.6 Å². The fraction of sp³-hybridized carbons (Fsp3) is 0.188. The molecule has 0 aliphatic rings. The molecule has 1 rings (SSSR count). The van der Waals surface area contributed by atoms with Gasteiger partial charge in [-0.2, -0.15) is 0 Å². The van der Waals surface area contributed by atoms with Crippen molar-refractivity contribution in [2.45, 2.75) is 13.0 Å². The predicted octanol–water partition coefficient (Wildman–Crippen LogP) is 2.79. The number of carbonyl (C=O) groups excluding carboxylic acids is 1. The van der Waals surface area contributed by atoms with E-state index in [9.17, 15) is 9.18 Å². The summed E-state index contributed by atoms with van der Waals surface area (Å²) in [6.07, 6.45) is 5.11. The van der Waals surface area contributed by atoms with Gasteiger partial charge in [-0.3, -0.25) is 4.79 Å². The maximum absolute atomic E-state index is 13.0. The van der Waals surface area contributed by atoms with Gasteiger partial charge in [0.15, 0.2) is 0 Å². The average Bonchev–Trinajstić information content (AvgIpc) is 2.43. The van der Waals surface area contributed by atoms with E-state index in [2.05, 4.69) is 23.8 Å². The Morgan fingerprint density at radius 1 is 1.45 bits per heavy atom. The standard InChI is InChI=1S/C16H19FN2O/c1-4-7-15(5-2)18-11-12(3)19-16(20)13-8-6-9-14(17)10-13/h4-10,12,18H,1-2,11H2,3H3,(H,19,20)/b15-7+. The molecule has 2 N–H and O–H groups in total. The van der Waals surface area contributed by atoms with Crippen LogP contribution in [0.1, 0.15) is 17.3 Å². The van der Waals surface area contributed by atoms with E-state index in [4.69, 9.17) is 0 Å². The van der Waals surface area contributed by atoms with Gasteiger partial charge >= 0.3 is 0 Å². The van der Waals surface area contributed by atoms with Gasteiger partial charge in [-0.15, -0.1) is 0 Å². The Kier molecular flexibility index (Phi) is 6.23. The topological polar surface area (TPSA) is 41.1 Å². The first kappa shape index (κ1) is 15.7. The SMILES string of the molecule is C=C/C=C(\C=C)NCC(C)NC(=O)c1cccc(F)c1. The molecule has 0 aromatic heterocycles. The maximum Gasteiger partial charge on any atom is 0.251 e. The van der Waals surface area contributed by atoms with Crippen molar-refractivity contribution in [1.29, 1.82) is 0 Å². The molecule has 1 aromatic rings. The highest BCUT2D eigenvalue weighted by molar-refractivity contribution is 5.94. The monoisotopic (exact) mass is 274 g/mol. The summed E-state index contributed by atoms with van der Waals surface area (Å²) in [7, 11) is 0. The lowest BCUT2D eigenvalue weighted by atomic mass is 10.2. The molecule has 0 bridgehead atoms. The lowest BCUT2D eigenvalue weighted by molar-refractivity contribution is 0.0940. The first-order chi connectivity index (χ1) is 9.56. The van der Waals surface area contributed by atoms with Gasteiger partial charge in [-0.25, -0.2) is 4.39 Å². The van der Waals surface area contributed by atoms with Crippen molar-refractivity contribution >= 4 is 5.91 Å². The highest BCUT2D eigenvalue weighted by Gasteiger charge is 2.10. The summed E-state index contributed by atoms with van der Waals surface area (Å²) in [4.78, 5) is 11.9. The Bertz CT molecular complexity index is 523. The third kappa shape index (κ3) is 5.10. The van der Waals surface area contributed by atoms with E-state index >= 15 is 0 Å². The van der Waals surface area contributed by atoms with Gasteiger partial charge in [0, 0.05) is 23.8 Å². The minimum Gasteiger partial charge on any atom is -0.383 e. The van der Waals surface area contributed by atoms with E-state index in [0.29, 0.717) is 12.1 Å². The molecule has 0 spiro atoms. The van der Waals surface area contributed by atoms with Crippen LogP contribution in [0.3, 0.4) is 0 Å². The Morgan fingerprint density at radius 3 is 2.80 bits per heavy atom. The number of rotatable bonds is 7. The number of amides is 1. The number of carbonyl (C=O) groups is 1. The Hall–Kier alpha value is -2.36. The molecule has 1 amide bonds. The molecule has 0 aliphatic carbocycles. The van der Waals surface area contributed by atoms with Crippen LogP contribution >= 0.6 is 0 Å². The van der Waals surface area contributed by atoms with Crippen molar-refractivity contribution in [3.8, 4) is 0 Å². The Morgan fingerprint density at radius 2 is 2.20 bits per heavy atom. The van der Waals surface area contributed by atoms with E-state index in [1.807, 2.05) is 6.92 Å². The molecule has 0 fully saturated rings. The molecular formula is C16H19FN2O. The summed E-state index contributed by atoms with van der Waals surface area (Å²) in [5.74, 6) is -0.724. The first-order valence-electron chi connectivity index (χ1n) is 6.32. The van der Waals surface area contributed by atoms with Crippen LogP contribution in [0, 0.1) is 5.82 Å². The second-order valence-corrected chi connectivity index (χ2v) is 4.33. The molecule has 0 saturated carbocycles. The van der Waals surface area contributed by atoms with Gasteiger partial charge in [-0.05, 0) is 37.3 Å². The molecule has 4 heteroatoms. The van der Waals surface area contributed by atoms with Crippen LogP contribution in [0.25, 0.3) is 0 Å². The minimum atomic E-state index is -0.425. The number of nitrogens with one attached hydrogen (secondary N) is 2. The molecule has 0 heterocycles. The zero-order valence-corrected chi connectivity index (χ0v) is 11.5. The number of benzene rings is 1. The summed E-state index contributed by atoms with van der Waals surface area (Å²) >= 11 is 0. The number of hydrogen-bond donors (Lipinski definition) is 2. The summed E-state index contributed by atoms with van der Waals surface area (Å²) < 4.78 is 13.0. The summed E-state index contributed by atoms with van der Waals surface area (Å²) in [5.41, 5.74) is 1.13. The second kappa shape index (κ2) is 7.94. The Balaban J connectivity index is 2.52. The van der Waals surface area contributed by atoms with Crippen LogP contribution in [0.4, 0.5) is 4.39 Å². The van der Waals surface area contributed by atoms with Crippen molar-refractivity contribution in [3.63, 3.8) is 0 Å². The fourth-order valence-electron chi connectivity index (χ4n) is 1.58. The van der Waals surface area contributed by atoms with Crippen LogP contribution in [0.5, 0.6) is 0 Å². The maximum atomic E-state index is 13.0. The summed E-state index contributed by atoms with van der Waals surface area (Å²) in [6, 6.07) is 5.49. The molecule has 0 saturated heterocycles. The van der Waals surface area contributed by atoms with Crippen LogP contribution in [-0.2, 0) is 0 Å². The lowest BCUT2D eigenvalue weighted by Crippen LogP contribution is -2.39. The van der Waals surface area contributed by atoms with Crippen LogP contribution in [0.2, 0.25) is 0 Å². The minimum absolute atomic E-state index is 0.112. The number of hydrogen-bond acceptors (Lipinski definition) is 2. The van der Waals surface area contributed by atoms with Gasteiger partial charge in [0.1, 0.15) is 5.82 Å². The number of allylic oxidation sites excluding steroid dienone is 3. The molecule has 1 unspecified atom stereocenters. The van der Waals surface area contributed by atoms with Crippen LogP contribution in [-0.4, -0.2) is 18.5 Å². The van der Waals surface area contributed by atoms with E-state index in [1.54, 1.807) is 24.3 Å². The van der Waals surface area contributed by atoms with E-state index in [0.717, 1.165) is 5.70 Å². The highest BCUT2D eigenvalue weighted by Crippen LogP contribution is 2.03. The van der Waals surface area contributed by atoms with E-state index < -0.39 is 5.82 Å². The second-order valence-electron chi connectivity index (χ2n) is 4.33. The fourth-order valence-corrected chi connectivity index (χ4v) is 1.58. The normalized spacial score (nSPS) is 12.4. The van der Waals surface area contributed by atoms with Crippen molar-refractivity contribution in [2.75, 3.05) is 6.54 Å². The van der Waals surface area contributed by atoms with Gasteiger partial charge in [0.05, 0.1) is 0 Å². The first-order valence-corrected chi connectivity index (χ1v) is 6.32. The third-order valence-electron chi connectivity index (χ3n) is 2.59. The van der Waals surface area contributed by atoms with Crippen molar-refractivity contribution in [3.05, 3.63) is 72.7 Å². The van der Waals surface area contributed by atoms with Crippen molar-refractivity contribution in [1.82, 2.24) is 10.6 Å². The highest BCUT2D eigenvalue weighted by atomic mass is 19.1. The molecule has 0 aliphatic heterocycles.